The normalized spacial score (nSPS) is 12.1. The van der Waals surface area contributed by atoms with E-state index in [0.29, 0.717) is 11.1 Å². The van der Waals surface area contributed by atoms with Crippen LogP contribution in [-0.2, 0) is 15.9 Å². The molecule has 14 heavy (non-hydrogen) atoms. The van der Waals surface area contributed by atoms with Crippen LogP contribution >= 0.6 is 0 Å². The summed E-state index contributed by atoms with van der Waals surface area (Å²) in [6.07, 6.45) is 1.53. The summed E-state index contributed by atoms with van der Waals surface area (Å²) < 4.78 is 34.9. The van der Waals surface area contributed by atoms with E-state index in [1.54, 1.807) is 24.3 Å². The molecule has 5 heteroatoms. The molecule has 0 radical (unpaired) electrons. The molecule has 0 amide bonds. The van der Waals surface area contributed by atoms with Gasteiger partial charge in [0, 0.05) is 5.39 Å². The Morgan fingerprint density at radius 1 is 1.29 bits per heavy atom. The van der Waals surface area contributed by atoms with Crippen LogP contribution in [0.4, 0.5) is 0 Å². The molecule has 2 aromatic rings. The monoisotopic (exact) mass is 212 g/mol. The molecule has 74 valence electrons. The molecule has 0 bridgehead atoms. The van der Waals surface area contributed by atoms with E-state index >= 15 is 0 Å². The van der Waals surface area contributed by atoms with Crippen LogP contribution in [-0.4, -0.2) is 13.0 Å². The predicted molar refractivity (Wildman–Crippen MR) is 51.5 cm³/mol. The fraction of sp³-hybridized carbons (Fsp3) is 0.111. The Labute approximate surface area is 80.9 Å². The zero-order chi connectivity index (χ0) is 10.2. The third-order valence-electron chi connectivity index (χ3n) is 1.87. The van der Waals surface area contributed by atoms with Crippen LogP contribution in [0.1, 0.15) is 5.56 Å². The van der Waals surface area contributed by atoms with Gasteiger partial charge in [-0.1, -0.05) is 6.07 Å². The molecule has 0 spiro atoms. The lowest BCUT2D eigenvalue weighted by atomic mass is 10.2. The Bertz CT molecular complexity index is 553. The van der Waals surface area contributed by atoms with Crippen molar-refractivity contribution >= 4 is 21.1 Å². The van der Waals surface area contributed by atoms with Crippen molar-refractivity contribution < 1.29 is 17.4 Å². The van der Waals surface area contributed by atoms with Gasteiger partial charge in [-0.25, -0.2) is 0 Å². The first-order chi connectivity index (χ1) is 6.54. The summed E-state index contributed by atoms with van der Waals surface area (Å²) in [6, 6.07) is 6.70. The van der Waals surface area contributed by atoms with Crippen molar-refractivity contribution in [3.63, 3.8) is 0 Å². The van der Waals surface area contributed by atoms with E-state index in [1.165, 1.54) is 6.26 Å². The molecule has 0 fully saturated rings. The smallest absolute Gasteiger partial charge is 0.269 e. The Morgan fingerprint density at radius 3 is 2.79 bits per heavy atom. The summed E-state index contributed by atoms with van der Waals surface area (Å²) in [4.78, 5) is 0. The van der Waals surface area contributed by atoms with E-state index in [0.717, 1.165) is 5.39 Å². The highest BCUT2D eigenvalue weighted by Crippen LogP contribution is 2.17. The molecule has 1 aromatic carbocycles. The number of rotatable bonds is 2. The second-order valence-corrected chi connectivity index (χ2v) is 4.47. The van der Waals surface area contributed by atoms with Gasteiger partial charge in [-0.2, -0.15) is 8.42 Å². The van der Waals surface area contributed by atoms with Gasteiger partial charge in [0.2, 0.25) is 0 Å². The lowest BCUT2D eigenvalue weighted by Gasteiger charge is -1.97. The summed E-state index contributed by atoms with van der Waals surface area (Å²) in [5.41, 5.74) is 1.24. The van der Waals surface area contributed by atoms with Crippen LogP contribution in [0, 0.1) is 0 Å². The van der Waals surface area contributed by atoms with Crippen LogP contribution in [0.3, 0.4) is 0 Å². The highest BCUT2D eigenvalue weighted by Gasteiger charge is 2.07. The molecule has 2 rings (SSSR count). The molecule has 0 aliphatic carbocycles. The average Bonchev–Trinajstić information content (AvgIpc) is 2.47. The maximum Gasteiger partial charge on any atom is 0.269 e. The standard InChI is InChI=1S/C9H8O4S/c10-14(11,12)6-7-1-2-9-8(5-7)3-4-13-9/h1-5H,6H2,(H,10,11,12). The third-order valence-corrected chi connectivity index (χ3v) is 2.56. The lowest BCUT2D eigenvalue weighted by molar-refractivity contribution is 0.482. The molecule has 0 aliphatic heterocycles. The highest BCUT2D eigenvalue weighted by molar-refractivity contribution is 7.85. The second kappa shape index (κ2) is 3.11. The molecule has 0 aliphatic rings. The second-order valence-electron chi connectivity index (χ2n) is 3.02. The Hall–Kier alpha value is -1.33. The Balaban J connectivity index is 2.44. The van der Waals surface area contributed by atoms with E-state index in [1.807, 2.05) is 0 Å². The van der Waals surface area contributed by atoms with Crippen molar-refractivity contribution in [2.24, 2.45) is 0 Å². The first-order valence-electron chi connectivity index (χ1n) is 3.96. The van der Waals surface area contributed by atoms with Crippen LogP contribution < -0.4 is 0 Å². The van der Waals surface area contributed by atoms with Crippen molar-refractivity contribution in [2.45, 2.75) is 5.75 Å². The Morgan fingerprint density at radius 2 is 2.07 bits per heavy atom. The number of hydrogen-bond donors (Lipinski definition) is 1. The molecule has 0 atom stereocenters. The maximum absolute atomic E-state index is 10.6. The van der Waals surface area contributed by atoms with E-state index < -0.39 is 10.1 Å². The largest absolute Gasteiger partial charge is 0.464 e. The van der Waals surface area contributed by atoms with Crippen molar-refractivity contribution in [1.29, 1.82) is 0 Å². The molecule has 0 saturated heterocycles. The van der Waals surface area contributed by atoms with Gasteiger partial charge in [-0.15, -0.1) is 0 Å². The van der Waals surface area contributed by atoms with E-state index in [2.05, 4.69) is 0 Å². The first kappa shape index (κ1) is 9.23. The fourth-order valence-electron chi connectivity index (χ4n) is 1.32. The zero-order valence-corrected chi connectivity index (χ0v) is 7.99. The van der Waals surface area contributed by atoms with Crippen molar-refractivity contribution in [2.75, 3.05) is 0 Å². The lowest BCUT2D eigenvalue weighted by Crippen LogP contribution is -2.00. The molecule has 1 heterocycles. The number of hydrogen-bond acceptors (Lipinski definition) is 3. The topological polar surface area (TPSA) is 67.5 Å². The summed E-state index contributed by atoms with van der Waals surface area (Å²) in [6.45, 7) is 0. The zero-order valence-electron chi connectivity index (χ0n) is 7.17. The van der Waals surface area contributed by atoms with Gasteiger partial charge in [0.25, 0.3) is 10.1 Å². The van der Waals surface area contributed by atoms with Gasteiger partial charge in [-0.05, 0) is 23.8 Å². The van der Waals surface area contributed by atoms with Gasteiger partial charge in [-0.3, -0.25) is 4.55 Å². The van der Waals surface area contributed by atoms with E-state index in [4.69, 9.17) is 8.97 Å². The number of fused-ring (bicyclic) bond motifs is 1. The van der Waals surface area contributed by atoms with Crippen LogP contribution in [0.25, 0.3) is 11.0 Å². The summed E-state index contributed by atoms with van der Waals surface area (Å²) >= 11 is 0. The molecule has 1 N–H and O–H groups in total. The van der Waals surface area contributed by atoms with Gasteiger partial charge >= 0.3 is 0 Å². The minimum Gasteiger partial charge on any atom is -0.464 e. The van der Waals surface area contributed by atoms with Crippen molar-refractivity contribution in [3.05, 3.63) is 36.1 Å². The fourth-order valence-corrected chi connectivity index (χ4v) is 1.92. The molecular formula is C9H8O4S. The number of furan rings is 1. The van der Waals surface area contributed by atoms with Gasteiger partial charge in [0.15, 0.2) is 0 Å². The van der Waals surface area contributed by atoms with Gasteiger partial charge in [0.1, 0.15) is 11.3 Å². The SMILES string of the molecule is O=S(=O)(O)Cc1ccc2occc2c1. The number of benzene rings is 1. The van der Waals surface area contributed by atoms with Crippen molar-refractivity contribution in [3.8, 4) is 0 Å². The first-order valence-corrected chi connectivity index (χ1v) is 5.57. The maximum atomic E-state index is 10.6. The molecule has 0 saturated carbocycles. The highest BCUT2D eigenvalue weighted by atomic mass is 32.2. The van der Waals surface area contributed by atoms with Gasteiger partial charge < -0.3 is 4.42 Å². The van der Waals surface area contributed by atoms with Crippen LogP contribution in [0.5, 0.6) is 0 Å². The summed E-state index contributed by atoms with van der Waals surface area (Å²) in [7, 11) is -3.96. The summed E-state index contributed by atoms with van der Waals surface area (Å²) in [5.74, 6) is -0.367. The minimum atomic E-state index is -3.96. The predicted octanol–water partition coefficient (Wildman–Crippen LogP) is 1.82. The van der Waals surface area contributed by atoms with Crippen molar-refractivity contribution in [1.82, 2.24) is 0 Å². The summed E-state index contributed by atoms with van der Waals surface area (Å²) in [5, 5.41) is 0.825. The molecule has 1 aromatic heterocycles. The third kappa shape index (κ3) is 1.94. The van der Waals surface area contributed by atoms with Crippen LogP contribution in [0.15, 0.2) is 34.9 Å². The van der Waals surface area contributed by atoms with E-state index in [-0.39, 0.29) is 5.75 Å². The molecular weight excluding hydrogens is 204 g/mol. The molecule has 4 nitrogen and oxygen atoms in total. The molecule has 0 unspecified atom stereocenters. The van der Waals surface area contributed by atoms with E-state index in [9.17, 15) is 8.42 Å². The van der Waals surface area contributed by atoms with Crippen LogP contribution in [0.2, 0.25) is 0 Å². The quantitative estimate of drug-likeness (QED) is 0.771. The average molecular weight is 212 g/mol. The van der Waals surface area contributed by atoms with Gasteiger partial charge in [0.05, 0.1) is 6.26 Å². The minimum absolute atomic E-state index is 0.367. The Kier molecular flexibility index (Phi) is 2.05.